The second kappa shape index (κ2) is 20.7. The van der Waals surface area contributed by atoms with Gasteiger partial charge in [-0.05, 0) is 139 Å². The average molecular weight is 816 g/mol. The molecule has 6 N–H and O–H groups in total. The van der Waals surface area contributed by atoms with Crippen LogP contribution in [-0.4, -0.2) is 46.5 Å². The van der Waals surface area contributed by atoms with Crippen molar-refractivity contribution in [3.05, 3.63) is 106 Å². The zero-order chi connectivity index (χ0) is 42.9. The molecule has 0 radical (unpaired) electrons. The van der Waals surface area contributed by atoms with Crippen LogP contribution in [0, 0.1) is 47.3 Å². The molecular weight excluding hydrogens is 747 g/mol. The molecule has 2 aromatic carbocycles. The molecule has 0 unspecified atom stereocenters. The maximum absolute atomic E-state index is 14.7. The molecule has 8 heteroatoms. The largest absolute Gasteiger partial charge is 0.504 e. The highest BCUT2D eigenvalue weighted by molar-refractivity contribution is 6.00. The summed E-state index contributed by atoms with van der Waals surface area (Å²) in [7, 11) is 1.53. The van der Waals surface area contributed by atoms with Gasteiger partial charge in [0.1, 0.15) is 11.6 Å². The molecule has 322 valence electrons. The lowest BCUT2D eigenvalue weighted by atomic mass is 9.73. The quantitative estimate of drug-likeness (QED) is 0.0808. The summed E-state index contributed by atoms with van der Waals surface area (Å²) in [5, 5.41) is 26.6. The lowest BCUT2D eigenvalue weighted by Gasteiger charge is -2.33. The second-order valence-electron chi connectivity index (χ2n) is 18.6. The van der Waals surface area contributed by atoms with Crippen molar-refractivity contribution >= 4 is 11.6 Å². The standard InChI is InChI=1S/C52H69N3O5/c1-7-10-44(48(57)28-41-25-40(31-55-41)33(4)5)39-23-35(21-34-19-20-54-52(53)24-34)22-37-16-18-45(43-12-9-8-11-36(43)14-13-32(2)3)46-30-50(59)51(60-6)27-38(46)15-17-42(56)29-49(58)47(37)26-39/h8-9,11-12,19,24-25,27,30-33,35,37,39,44-45,47-48,54-55,57,59H,7,10,13-15,17,20-23,26,28-29,53H2,1-6H3/t35-,37-,39+,44+,45-,47-,48-/m1/s1. The van der Waals surface area contributed by atoms with Gasteiger partial charge in [-0.25, -0.2) is 0 Å². The fourth-order valence-electron chi connectivity index (χ4n) is 10.1. The molecule has 8 nitrogen and oxygen atoms in total. The van der Waals surface area contributed by atoms with E-state index >= 15 is 0 Å². The third kappa shape index (κ3) is 11.3. The monoisotopic (exact) mass is 816 g/mol. The van der Waals surface area contributed by atoms with Crippen LogP contribution in [0.2, 0.25) is 0 Å². The summed E-state index contributed by atoms with van der Waals surface area (Å²) in [5.41, 5.74) is 13.8. The van der Waals surface area contributed by atoms with Crippen LogP contribution in [0.25, 0.3) is 0 Å². The summed E-state index contributed by atoms with van der Waals surface area (Å²) in [5.74, 6) is 8.40. The number of carbonyl (C=O) groups excluding carboxylic acids is 2. The van der Waals surface area contributed by atoms with Crippen molar-refractivity contribution in [2.24, 2.45) is 41.2 Å². The number of aromatic amines is 1. The number of phenols is 1. The van der Waals surface area contributed by atoms with Crippen molar-refractivity contribution < 1.29 is 24.5 Å². The van der Waals surface area contributed by atoms with Gasteiger partial charge in [0.15, 0.2) is 11.5 Å². The number of hydrogen-bond acceptors (Lipinski definition) is 7. The molecule has 0 spiro atoms. The Labute approximate surface area is 358 Å². The Kier molecular flexibility index (Phi) is 15.4. The molecule has 3 aliphatic rings. The number of phenolic OH excluding ortho intramolecular Hbond substituents is 1. The van der Waals surface area contributed by atoms with E-state index in [9.17, 15) is 19.8 Å². The number of nitrogens with two attached hydrogens (primary N) is 1. The minimum atomic E-state index is -0.596. The number of aliphatic hydroxyl groups excluding tert-OH is 1. The highest BCUT2D eigenvalue weighted by Crippen LogP contribution is 2.45. The van der Waals surface area contributed by atoms with E-state index < -0.39 is 17.9 Å². The van der Waals surface area contributed by atoms with Crippen LogP contribution in [0.15, 0.2) is 72.2 Å². The Morgan fingerprint density at radius 1 is 0.983 bits per heavy atom. The number of aryl methyl sites for hydroxylation is 2. The Bertz CT molecular complexity index is 2080. The molecule has 0 saturated heterocycles. The Morgan fingerprint density at radius 2 is 1.78 bits per heavy atom. The number of dihydropyridines is 1. The Morgan fingerprint density at radius 3 is 2.50 bits per heavy atom. The summed E-state index contributed by atoms with van der Waals surface area (Å²) >= 11 is 0. The SMILES string of the molecule is CCC[C@@H]([C@H]1C[C@H](CC2=CCNC(N)=C2)C[C@H]2C#C[C@H](c3ccccc3CCC(C)C)c3cc(O)c(OC)cc3CCC(=O)CC(=O)[C@@H]2C1)[C@H](O)Cc1cc(C(C)C)c[nH]1. The molecular formula is C52H69N3O5. The van der Waals surface area contributed by atoms with E-state index in [4.69, 9.17) is 10.5 Å². The van der Waals surface area contributed by atoms with Crippen LogP contribution in [0.5, 0.6) is 11.5 Å². The van der Waals surface area contributed by atoms with Crippen LogP contribution in [0.3, 0.4) is 0 Å². The molecule has 7 atom stereocenters. The van der Waals surface area contributed by atoms with Gasteiger partial charge in [-0.2, -0.15) is 0 Å². The van der Waals surface area contributed by atoms with E-state index in [-0.39, 0.29) is 53.8 Å². The zero-order valence-corrected chi connectivity index (χ0v) is 36.9. The molecule has 6 rings (SSSR count). The predicted molar refractivity (Wildman–Crippen MR) is 241 cm³/mol. The highest BCUT2D eigenvalue weighted by Gasteiger charge is 2.41. The number of methoxy groups -OCH3 is 1. The van der Waals surface area contributed by atoms with Gasteiger partial charge in [-0.1, -0.05) is 83.2 Å². The van der Waals surface area contributed by atoms with E-state index in [1.54, 1.807) is 6.07 Å². The first-order valence-electron chi connectivity index (χ1n) is 22.6. The molecule has 3 aromatic rings. The maximum Gasteiger partial charge on any atom is 0.160 e. The molecule has 1 fully saturated rings. The number of H-pyrrole nitrogens is 1. The smallest absolute Gasteiger partial charge is 0.160 e. The van der Waals surface area contributed by atoms with Gasteiger partial charge in [-0.15, -0.1) is 0 Å². The Balaban J connectivity index is 1.47. The van der Waals surface area contributed by atoms with Crippen LogP contribution < -0.4 is 15.8 Å². The summed E-state index contributed by atoms with van der Waals surface area (Å²) in [6.45, 7) is 11.7. The minimum Gasteiger partial charge on any atom is -0.504 e. The zero-order valence-electron chi connectivity index (χ0n) is 36.9. The number of allylic oxidation sites excluding steroid dienone is 2. The number of carbonyl (C=O) groups is 2. The Hall–Kier alpha value is -4.74. The fourth-order valence-corrected chi connectivity index (χ4v) is 10.1. The van der Waals surface area contributed by atoms with E-state index in [0.29, 0.717) is 55.6 Å². The molecule has 2 heterocycles. The number of nitrogens with one attached hydrogen (secondary N) is 2. The number of rotatable bonds is 14. The highest BCUT2D eigenvalue weighted by atomic mass is 16.5. The van der Waals surface area contributed by atoms with Crippen molar-refractivity contribution in [3.8, 4) is 23.3 Å². The van der Waals surface area contributed by atoms with Gasteiger partial charge in [0.05, 0.1) is 31.4 Å². The normalized spacial score (nSPS) is 23.4. The van der Waals surface area contributed by atoms with E-state index in [2.05, 4.69) is 93.2 Å². The average Bonchev–Trinajstić information content (AvgIpc) is 3.61. The number of ether oxygens (including phenoxy) is 1. The number of Topliss-reactive ketones (excluding diaryl/α,β-unsaturated/α-hetero) is 2. The van der Waals surface area contributed by atoms with E-state index in [1.165, 1.54) is 23.8 Å². The first kappa shape index (κ1) is 44.8. The van der Waals surface area contributed by atoms with Crippen LogP contribution in [-0.2, 0) is 28.9 Å². The molecule has 0 amide bonds. The molecule has 60 heavy (non-hydrogen) atoms. The number of aromatic hydroxyl groups is 1. The van der Waals surface area contributed by atoms with Gasteiger partial charge in [0.2, 0.25) is 0 Å². The van der Waals surface area contributed by atoms with Crippen molar-refractivity contribution in [1.29, 1.82) is 0 Å². The van der Waals surface area contributed by atoms with Crippen LogP contribution in [0.1, 0.15) is 138 Å². The topological polar surface area (TPSA) is 138 Å². The third-order valence-corrected chi connectivity index (χ3v) is 13.4. The summed E-state index contributed by atoms with van der Waals surface area (Å²) < 4.78 is 5.56. The molecule has 1 aromatic heterocycles. The minimum absolute atomic E-state index is 0.0343. The van der Waals surface area contributed by atoms with Gasteiger partial charge in [0, 0.05) is 43.1 Å². The third-order valence-electron chi connectivity index (χ3n) is 13.4. The van der Waals surface area contributed by atoms with Crippen molar-refractivity contribution in [2.75, 3.05) is 13.7 Å². The van der Waals surface area contributed by atoms with Crippen molar-refractivity contribution in [1.82, 2.24) is 10.3 Å². The van der Waals surface area contributed by atoms with Crippen molar-refractivity contribution in [3.63, 3.8) is 0 Å². The number of aromatic nitrogens is 1. The number of aliphatic hydroxyl groups is 1. The number of fused-ring (bicyclic) bond motifs is 2. The van der Waals surface area contributed by atoms with Gasteiger partial charge >= 0.3 is 0 Å². The van der Waals surface area contributed by atoms with Gasteiger partial charge in [0.25, 0.3) is 0 Å². The summed E-state index contributed by atoms with van der Waals surface area (Å²) in [4.78, 5) is 32.0. The number of ketones is 2. The van der Waals surface area contributed by atoms with Gasteiger partial charge in [-0.3, -0.25) is 9.59 Å². The van der Waals surface area contributed by atoms with Crippen LogP contribution >= 0.6 is 0 Å². The first-order valence-corrected chi connectivity index (χ1v) is 22.6. The van der Waals surface area contributed by atoms with Crippen LogP contribution in [0.4, 0.5) is 0 Å². The summed E-state index contributed by atoms with van der Waals surface area (Å²) in [6, 6.07) is 14.3. The molecule has 0 bridgehead atoms. The number of benzene rings is 2. The van der Waals surface area contributed by atoms with Gasteiger partial charge < -0.3 is 31.0 Å². The van der Waals surface area contributed by atoms with E-state index in [0.717, 1.165) is 60.9 Å². The predicted octanol–water partition coefficient (Wildman–Crippen LogP) is 9.44. The van der Waals surface area contributed by atoms with Crippen molar-refractivity contribution in [2.45, 2.75) is 130 Å². The van der Waals surface area contributed by atoms with E-state index in [1.807, 2.05) is 18.3 Å². The number of hydrogen-bond donors (Lipinski definition) is 5. The lowest BCUT2D eigenvalue weighted by molar-refractivity contribution is -0.130. The summed E-state index contributed by atoms with van der Waals surface area (Å²) in [6.07, 6.45) is 13.2. The molecule has 2 aliphatic carbocycles. The fraction of sp³-hybridized carbons (Fsp3) is 0.538. The second-order valence-corrected chi connectivity index (χ2v) is 18.6. The maximum atomic E-state index is 14.7. The first-order chi connectivity index (χ1) is 28.8. The lowest BCUT2D eigenvalue weighted by Crippen LogP contribution is -2.33. The molecule has 1 aliphatic heterocycles. The molecule has 1 saturated carbocycles.